The number of nitrogens with two attached hydrogens (primary N) is 1. The van der Waals surface area contributed by atoms with Gasteiger partial charge in [0.15, 0.2) is 0 Å². The maximum Gasteiger partial charge on any atom is 0.252 e. The van der Waals surface area contributed by atoms with Crippen LogP contribution in [0.15, 0.2) is 22.9 Å². The van der Waals surface area contributed by atoms with Crippen LogP contribution in [0.1, 0.15) is 36.0 Å². The number of halogens is 1. The molecule has 2 rings (SSSR count). The molecule has 0 spiro atoms. The Morgan fingerprint density at radius 1 is 1.40 bits per heavy atom. The molecule has 0 unspecified atom stereocenters. The predicted molar refractivity (Wildman–Crippen MR) is 80.5 cm³/mol. The van der Waals surface area contributed by atoms with Crippen molar-refractivity contribution in [3.63, 3.8) is 0 Å². The zero-order chi connectivity index (χ0) is 14.4. The van der Waals surface area contributed by atoms with Crippen LogP contribution in [0.2, 0.25) is 0 Å². The third-order valence-electron chi connectivity index (χ3n) is 3.43. The number of nitrogens with zero attached hydrogens (tertiary/aromatic N) is 1. The molecule has 1 heterocycles. The van der Waals surface area contributed by atoms with Gasteiger partial charge in [-0.25, -0.2) is 0 Å². The second kappa shape index (κ2) is 7.71. The fraction of sp³-hybridized carbons (Fsp3) is 0.571. The number of aromatic nitrogens is 1. The minimum atomic E-state index is -0.131. The van der Waals surface area contributed by atoms with Crippen LogP contribution in [-0.2, 0) is 4.74 Å². The minimum Gasteiger partial charge on any atom is -0.376 e. The molecular weight excluding hydrogens is 322 g/mol. The largest absolute Gasteiger partial charge is 0.376 e. The van der Waals surface area contributed by atoms with E-state index in [2.05, 4.69) is 26.2 Å². The van der Waals surface area contributed by atoms with Crippen LogP contribution in [0.25, 0.3) is 0 Å². The van der Waals surface area contributed by atoms with Gasteiger partial charge >= 0.3 is 0 Å². The molecule has 1 saturated carbocycles. The first-order chi connectivity index (χ1) is 9.65. The number of hydrogen-bond acceptors (Lipinski definition) is 4. The van der Waals surface area contributed by atoms with Crippen LogP contribution in [0.3, 0.4) is 0 Å². The van der Waals surface area contributed by atoms with Gasteiger partial charge in [-0.15, -0.1) is 0 Å². The van der Waals surface area contributed by atoms with Gasteiger partial charge in [0.25, 0.3) is 5.91 Å². The third kappa shape index (κ3) is 4.85. The summed E-state index contributed by atoms with van der Waals surface area (Å²) in [6.07, 6.45) is 7.58. The molecule has 0 aliphatic heterocycles. The van der Waals surface area contributed by atoms with E-state index in [1.165, 1.54) is 0 Å². The first kappa shape index (κ1) is 15.4. The van der Waals surface area contributed by atoms with E-state index in [1.807, 2.05) is 0 Å². The molecular formula is C14H20BrN3O2. The van der Waals surface area contributed by atoms with Crippen LogP contribution >= 0.6 is 15.9 Å². The van der Waals surface area contributed by atoms with Crippen LogP contribution in [0.4, 0.5) is 0 Å². The number of amides is 1. The van der Waals surface area contributed by atoms with Gasteiger partial charge in [-0.05, 0) is 47.7 Å². The number of ether oxygens (including phenoxy) is 1. The average molecular weight is 342 g/mol. The zero-order valence-corrected chi connectivity index (χ0v) is 12.9. The van der Waals surface area contributed by atoms with Crippen molar-refractivity contribution < 1.29 is 9.53 Å². The lowest BCUT2D eigenvalue weighted by Gasteiger charge is -2.26. The topological polar surface area (TPSA) is 77.2 Å². The minimum absolute atomic E-state index is 0.131. The van der Waals surface area contributed by atoms with Crippen LogP contribution < -0.4 is 11.1 Å². The Kier molecular flexibility index (Phi) is 5.94. The highest BCUT2D eigenvalue weighted by molar-refractivity contribution is 9.10. The summed E-state index contributed by atoms with van der Waals surface area (Å²) >= 11 is 3.29. The Bertz CT molecular complexity index is 448. The fourth-order valence-corrected chi connectivity index (χ4v) is 2.65. The number of hydrogen-bond donors (Lipinski definition) is 2. The first-order valence-electron chi connectivity index (χ1n) is 6.91. The summed E-state index contributed by atoms with van der Waals surface area (Å²) in [5, 5.41) is 2.83. The van der Waals surface area contributed by atoms with Crippen molar-refractivity contribution >= 4 is 21.8 Å². The number of nitrogens with one attached hydrogen (secondary N) is 1. The van der Waals surface area contributed by atoms with E-state index in [4.69, 9.17) is 10.5 Å². The molecule has 0 radical (unpaired) electrons. The van der Waals surface area contributed by atoms with E-state index in [-0.39, 0.29) is 5.91 Å². The predicted octanol–water partition coefficient (Wildman–Crippen LogP) is 1.86. The van der Waals surface area contributed by atoms with Gasteiger partial charge < -0.3 is 15.8 Å². The molecule has 0 atom stereocenters. The molecule has 0 bridgehead atoms. The second-order valence-corrected chi connectivity index (χ2v) is 5.97. The first-order valence-corrected chi connectivity index (χ1v) is 7.70. The number of carbonyl (C=O) groups is 1. The monoisotopic (exact) mass is 341 g/mol. The normalized spacial score (nSPS) is 22.5. The van der Waals surface area contributed by atoms with Gasteiger partial charge in [0.2, 0.25) is 0 Å². The molecule has 1 fully saturated rings. The van der Waals surface area contributed by atoms with Crippen LogP contribution in [0, 0.1) is 0 Å². The summed E-state index contributed by atoms with van der Waals surface area (Å²) in [6, 6.07) is 2.07. The zero-order valence-electron chi connectivity index (χ0n) is 11.3. The van der Waals surface area contributed by atoms with Crippen molar-refractivity contribution in [2.45, 2.75) is 37.8 Å². The van der Waals surface area contributed by atoms with E-state index in [9.17, 15) is 4.79 Å². The number of rotatable bonds is 5. The Balaban J connectivity index is 1.64. The van der Waals surface area contributed by atoms with Crippen molar-refractivity contribution in [3.05, 3.63) is 28.5 Å². The Morgan fingerprint density at radius 3 is 2.85 bits per heavy atom. The second-order valence-electron chi connectivity index (χ2n) is 5.06. The van der Waals surface area contributed by atoms with E-state index in [1.54, 1.807) is 18.5 Å². The highest BCUT2D eigenvalue weighted by Gasteiger charge is 2.18. The third-order valence-corrected chi connectivity index (χ3v) is 3.86. The molecule has 6 heteroatoms. The summed E-state index contributed by atoms with van der Waals surface area (Å²) in [5.74, 6) is -0.131. The van der Waals surface area contributed by atoms with Crippen molar-refractivity contribution in [1.29, 1.82) is 0 Å². The molecule has 1 aromatic rings. The molecule has 1 aromatic heterocycles. The highest BCUT2D eigenvalue weighted by Crippen LogP contribution is 2.19. The van der Waals surface area contributed by atoms with E-state index in [0.29, 0.717) is 30.9 Å². The van der Waals surface area contributed by atoms with E-state index in [0.717, 1.165) is 30.2 Å². The summed E-state index contributed by atoms with van der Waals surface area (Å²) in [6.45, 7) is 1.04. The Morgan fingerprint density at radius 2 is 2.15 bits per heavy atom. The van der Waals surface area contributed by atoms with Gasteiger partial charge in [0.05, 0.1) is 18.3 Å². The number of pyridine rings is 1. The SMILES string of the molecule is NC1CCC(OCCNC(=O)c2cncc(Br)c2)CC1. The van der Waals surface area contributed by atoms with E-state index < -0.39 is 0 Å². The molecule has 20 heavy (non-hydrogen) atoms. The van der Waals surface area contributed by atoms with Crippen molar-refractivity contribution in [2.24, 2.45) is 5.73 Å². The lowest BCUT2D eigenvalue weighted by atomic mass is 9.94. The molecule has 5 nitrogen and oxygen atoms in total. The lowest BCUT2D eigenvalue weighted by Crippen LogP contribution is -2.33. The van der Waals surface area contributed by atoms with Gasteiger partial charge in [-0.3, -0.25) is 9.78 Å². The standard InChI is InChI=1S/C14H20BrN3O2/c15-11-7-10(8-17-9-11)14(19)18-5-6-20-13-3-1-12(16)2-4-13/h7-9,12-13H,1-6,16H2,(H,18,19). The summed E-state index contributed by atoms with van der Waals surface area (Å²) in [4.78, 5) is 15.8. The molecule has 1 aliphatic carbocycles. The summed E-state index contributed by atoms with van der Waals surface area (Å²) < 4.78 is 6.54. The van der Waals surface area contributed by atoms with E-state index >= 15 is 0 Å². The Labute approximate surface area is 127 Å². The van der Waals surface area contributed by atoms with Crippen LogP contribution in [0.5, 0.6) is 0 Å². The smallest absolute Gasteiger partial charge is 0.252 e. The fourth-order valence-electron chi connectivity index (χ4n) is 2.28. The lowest BCUT2D eigenvalue weighted by molar-refractivity contribution is 0.0267. The van der Waals surface area contributed by atoms with Gasteiger partial charge in [-0.2, -0.15) is 0 Å². The van der Waals surface area contributed by atoms with Crippen molar-refractivity contribution in [2.75, 3.05) is 13.2 Å². The van der Waals surface area contributed by atoms with Crippen LogP contribution in [-0.4, -0.2) is 36.2 Å². The molecule has 0 saturated heterocycles. The Hall–Kier alpha value is -0.980. The quantitative estimate of drug-likeness (QED) is 0.801. The molecule has 110 valence electrons. The molecule has 1 amide bonds. The maximum atomic E-state index is 11.8. The van der Waals surface area contributed by atoms with Gasteiger partial charge in [-0.1, -0.05) is 0 Å². The maximum absolute atomic E-state index is 11.8. The van der Waals surface area contributed by atoms with Crippen molar-refractivity contribution in [1.82, 2.24) is 10.3 Å². The summed E-state index contributed by atoms with van der Waals surface area (Å²) in [5.41, 5.74) is 6.39. The number of carbonyl (C=O) groups excluding carboxylic acids is 1. The molecule has 0 aromatic carbocycles. The van der Waals surface area contributed by atoms with Crippen molar-refractivity contribution in [3.8, 4) is 0 Å². The molecule has 3 N–H and O–H groups in total. The summed E-state index contributed by atoms with van der Waals surface area (Å²) in [7, 11) is 0. The average Bonchev–Trinajstić information content (AvgIpc) is 2.45. The van der Waals surface area contributed by atoms with Gasteiger partial charge in [0.1, 0.15) is 0 Å². The highest BCUT2D eigenvalue weighted by atomic mass is 79.9. The molecule has 1 aliphatic rings. The van der Waals surface area contributed by atoms with Gasteiger partial charge in [0, 0.05) is 29.5 Å².